The van der Waals surface area contributed by atoms with E-state index in [1.165, 1.54) is 16.7 Å². The van der Waals surface area contributed by atoms with E-state index in [0.29, 0.717) is 12.6 Å². The largest absolute Gasteiger partial charge is 0.329 e. The van der Waals surface area contributed by atoms with Crippen molar-refractivity contribution in [3.8, 4) is 0 Å². The number of rotatable bonds is 4. The molecule has 2 nitrogen and oxygen atoms in total. The second-order valence-corrected chi connectivity index (χ2v) is 5.56. The molecule has 3 rings (SSSR count). The Morgan fingerprint density at radius 1 is 1.00 bits per heavy atom. The van der Waals surface area contributed by atoms with Gasteiger partial charge in [0.25, 0.3) is 0 Å². The molecule has 0 saturated heterocycles. The Kier molecular flexibility index (Phi) is 4.49. The van der Waals surface area contributed by atoms with E-state index in [2.05, 4.69) is 65.6 Å². The van der Waals surface area contributed by atoms with Gasteiger partial charge < -0.3 is 5.73 Å². The first-order valence-corrected chi connectivity index (χ1v) is 7.61. The molecule has 0 aliphatic carbocycles. The van der Waals surface area contributed by atoms with E-state index in [1.54, 1.807) is 0 Å². The van der Waals surface area contributed by atoms with Crippen LogP contribution in [0.25, 0.3) is 6.08 Å². The smallest absolute Gasteiger partial charge is 0.0407 e. The number of nitrogens with two attached hydrogens (primary N) is 1. The summed E-state index contributed by atoms with van der Waals surface area (Å²) in [6.45, 7) is 2.74. The summed E-state index contributed by atoms with van der Waals surface area (Å²) in [7, 11) is 0. The van der Waals surface area contributed by atoms with Crippen molar-refractivity contribution in [1.82, 2.24) is 4.90 Å². The number of benzene rings is 2. The molecule has 2 aromatic rings. The molecule has 0 amide bonds. The summed E-state index contributed by atoms with van der Waals surface area (Å²) in [5.74, 6) is 0. The zero-order chi connectivity index (χ0) is 14.5. The van der Waals surface area contributed by atoms with Crippen molar-refractivity contribution in [2.24, 2.45) is 5.73 Å². The SMILES string of the molecule is NCC(/C=C\c1ccccc1)N1CCc2ccccc2C1. The highest BCUT2D eigenvalue weighted by Gasteiger charge is 2.20. The lowest BCUT2D eigenvalue weighted by molar-refractivity contribution is 0.215. The average Bonchev–Trinajstić information content (AvgIpc) is 2.56. The highest BCUT2D eigenvalue weighted by Crippen LogP contribution is 2.20. The topological polar surface area (TPSA) is 29.3 Å². The molecule has 0 aromatic heterocycles. The fourth-order valence-electron chi connectivity index (χ4n) is 2.94. The lowest BCUT2D eigenvalue weighted by Gasteiger charge is -2.33. The quantitative estimate of drug-likeness (QED) is 0.931. The first kappa shape index (κ1) is 14.1. The minimum atomic E-state index is 0.304. The monoisotopic (exact) mass is 278 g/mol. The third-order valence-electron chi connectivity index (χ3n) is 4.18. The molecule has 0 bridgehead atoms. The van der Waals surface area contributed by atoms with Crippen molar-refractivity contribution < 1.29 is 0 Å². The van der Waals surface area contributed by atoms with Crippen LogP contribution in [0.1, 0.15) is 16.7 Å². The Morgan fingerprint density at radius 3 is 2.48 bits per heavy atom. The van der Waals surface area contributed by atoms with Gasteiger partial charge >= 0.3 is 0 Å². The van der Waals surface area contributed by atoms with E-state index in [4.69, 9.17) is 5.73 Å². The van der Waals surface area contributed by atoms with Crippen molar-refractivity contribution in [1.29, 1.82) is 0 Å². The van der Waals surface area contributed by atoms with Crippen molar-refractivity contribution in [3.63, 3.8) is 0 Å². The van der Waals surface area contributed by atoms with Gasteiger partial charge in [-0.05, 0) is 23.1 Å². The van der Waals surface area contributed by atoms with Gasteiger partial charge in [-0.2, -0.15) is 0 Å². The molecule has 21 heavy (non-hydrogen) atoms. The van der Waals surface area contributed by atoms with Crippen LogP contribution < -0.4 is 5.73 Å². The Bertz CT molecular complexity index is 604. The maximum atomic E-state index is 5.99. The molecule has 1 aliphatic rings. The van der Waals surface area contributed by atoms with E-state index in [1.807, 2.05) is 6.07 Å². The number of hydrogen-bond acceptors (Lipinski definition) is 2. The first-order valence-electron chi connectivity index (χ1n) is 7.61. The van der Waals surface area contributed by atoms with Crippen LogP contribution in [0.5, 0.6) is 0 Å². The van der Waals surface area contributed by atoms with Crippen LogP contribution >= 0.6 is 0 Å². The highest BCUT2D eigenvalue weighted by molar-refractivity contribution is 5.49. The highest BCUT2D eigenvalue weighted by atomic mass is 15.2. The third kappa shape index (κ3) is 3.41. The number of nitrogens with zero attached hydrogens (tertiary/aromatic N) is 1. The van der Waals surface area contributed by atoms with Gasteiger partial charge in [-0.3, -0.25) is 4.90 Å². The molecule has 0 spiro atoms. The van der Waals surface area contributed by atoms with Gasteiger partial charge in [0.2, 0.25) is 0 Å². The fourth-order valence-corrected chi connectivity index (χ4v) is 2.94. The number of hydrogen-bond donors (Lipinski definition) is 1. The molecule has 108 valence electrons. The second-order valence-electron chi connectivity index (χ2n) is 5.56. The van der Waals surface area contributed by atoms with Crippen LogP contribution in [0.3, 0.4) is 0 Å². The molecule has 0 radical (unpaired) electrons. The first-order chi connectivity index (χ1) is 10.4. The van der Waals surface area contributed by atoms with Crippen LogP contribution in [-0.2, 0) is 13.0 Å². The maximum Gasteiger partial charge on any atom is 0.0407 e. The van der Waals surface area contributed by atoms with Gasteiger partial charge in [0, 0.05) is 25.7 Å². The summed E-state index contributed by atoms with van der Waals surface area (Å²) >= 11 is 0. The average molecular weight is 278 g/mol. The Balaban J connectivity index is 1.71. The Morgan fingerprint density at radius 2 is 1.71 bits per heavy atom. The zero-order valence-electron chi connectivity index (χ0n) is 12.3. The molecular formula is C19H22N2. The summed E-state index contributed by atoms with van der Waals surface area (Å²) in [6.07, 6.45) is 5.53. The molecular weight excluding hydrogens is 256 g/mol. The molecule has 2 heteroatoms. The van der Waals surface area contributed by atoms with Gasteiger partial charge in [0.05, 0.1) is 0 Å². The van der Waals surface area contributed by atoms with Crippen LogP contribution in [0.2, 0.25) is 0 Å². The molecule has 2 N–H and O–H groups in total. The van der Waals surface area contributed by atoms with Gasteiger partial charge in [-0.25, -0.2) is 0 Å². The van der Waals surface area contributed by atoms with Crippen molar-refractivity contribution in [2.45, 2.75) is 19.0 Å². The minimum absolute atomic E-state index is 0.304. The van der Waals surface area contributed by atoms with Crippen LogP contribution in [-0.4, -0.2) is 24.0 Å². The molecule has 2 aromatic carbocycles. The van der Waals surface area contributed by atoms with E-state index < -0.39 is 0 Å². The maximum absolute atomic E-state index is 5.99. The van der Waals surface area contributed by atoms with E-state index >= 15 is 0 Å². The molecule has 1 atom stereocenters. The zero-order valence-corrected chi connectivity index (χ0v) is 12.3. The molecule has 1 heterocycles. The van der Waals surface area contributed by atoms with Crippen LogP contribution in [0.4, 0.5) is 0 Å². The predicted molar refractivity (Wildman–Crippen MR) is 88.9 cm³/mol. The summed E-state index contributed by atoms with van der Waals surface area (Å²) in [5.41, 5.74) is 10.1. The second kappa shape index (κ2) is 6.70. The molecule has 0 fully saturated rings. The minimum Gasteiger partial charge on any atom is -0.329 e. The van der Waals surface area contributed by atoms with Crippen LogP contribution in [0.15, 0.2) is 60.7 Å². The van der Waals surface area contributed by atoms with E-state index in [0.717, 1.165) is 19.5 Å². The predicted octanol–water partition coefficient (Wildman–Crippen LogP) is 3.09. The lowest BCUT2D eigenvalue weighted by atomic mass is 9.98. The van der Waals surface area contributed by atoms with Gasteiger partial charge in [0.1, 0.15) is 0 Å². The fraction of sp³-hybridized carbons (Fsp3) is 0.263. The van der Waals surface area contributed by atoms with Crippen molar-refractivity contribution in [3.05, 3.63) is 77.4 Å². The lowest BCUT2D eigenvalue weighted by Crippen LogP contribution is -2.42. The standard InChI is InChI=1S/C19H22N2/c20-14-19(11-10-16-6-2-1-3-7-16)21-13-12-17-8-4-5-9-18(17)15-21/h1-11,19H,12-15,20H2/b11-10-. The number of fused-ring (bicyclic) bond motifs is 1. The van der Waals surface area contributed by atoms with Gasteiger partial charge in [0.15, 0.2) is 0 Å². The Labute approximate surface area is 126 Å². The normalized spacial score (nSPS) is 16.8. The third-order valence-corrected chi connectivity index (χ3v) is 4.18. The van der Waals surface area contributed by atoms with Gasteiger partial charge in [-0.15, -0.1) is 0 Å². The molecule has 1 unspecified atom stereocenters. The van der Waals surface area contributed by atoms with E-state index in [9.17, 15) is 0 Å². The van der Waals surface area contributed by atoms with Crippen molar-refractivity contribution >= 4 is 6.08 Å². The van der Waals surface area contributed by atoms with E-state index in [-0.39, 0.29) is 0 Å². The van der Waals surface area contributed by atoms with Crippen LogP contribution in [0, 0.1) is 0 Å². The van der Waals surface area contributed by atoms with Gasteiger partial charge in [-0.1, -0.05) is 66.7 Å². The molecule has 0 saturated carbocycles. The summed E-state index contributed by atoms with van der Waals surface area (Å²) < 4.78 is 0. The Hall–Kier alpha value is -1.90. The summed E-state index contributed by atoms with van der Waals surface area (Å²) in [4.78, 5) is 2.47. The summed E-state index contributed by atoms with van der Waals surface area (Å²) in [5, 5.41) is 0. The molecule has 1 aliphatic heterocycles. The summed E-state index contributed by atoms with van der Waals surface area (Å²) in [6, 6.07) is 19.4. The van der Waals surface area contributed by atoms with Crippen molar-refractivity contribution in [2.75, 3.05) is 13.1 Å².